The third-order valence-corrected chi connectivity index (χ3v) is 3.68. The van der Waals surface area contributed by atoms with Gasteiger partial charge >= 0.3 is 5.97 Å². The maximum atomic E-state index is 13.1. The molecule has 1 N–H and O–H groups in total. The normalized spacial score (nSPS) is 12.5. The first-order valence-electron chi connectivity index (χ1n) is 7.07. The van der Waals surface area contributed by atoms with E-state index < -0.39 is 12.0 Å². The van der Waals surface area contributed by atoms with Crippen LogP contribution < -0.4 is 0 Å². The van der Waals surface area contributed by atoms with Crippen molar-refractivity contribution in [2.45, 2.75) is 19.4 Å². The first-order chi connectivity index (χ1) is 10.6. The Morgan fingerprint density at radius 2 is 1.91 bits per heavy atom. The van der Waals surface area contributed by atoms with Crippen LogP contribution in [0.15, 0.2) is 48.5 Å². The third kappa shape index (κ3) is 2.35. The molecule has 0 amide bonds. The summed E-state index contributed by atoms with van der Waals surface area (Å²) >= 11 is 0. The highest BCUT2D eigenvalue weighted by molar-refractivity contribution is 5.84. The van der Waals surface area contributed by atoms with E-state index in [9.17, 15) is 14.3 Å². The summed E-state index contributed by atoms with van der Waals surface area (Å²) in [5, 5.41) is 9.51. The van der Waals surface area contributed by atoms with E-state index in [0.29, 0.717) is 17.8 Å². The molecule has 2 aromatic carbocycles. The maximum Gasteiger partial charge on any atom is 0.326 e. The van der Waals surface area contributed by atoms with Crippen molar-refractivity contribution in [3.8, 4) is 11.4 Å². The molecule has 4 nitrogen and oxygen atoms in total. The molecule has 1 heterocycles. The van der Waals surface area contributed by atoms with Gasteiger partial charge in [-0.25, -0.2) is 14.2 Å². The zero-order valence-corrected chi connectivity index (χ0v) is 12.0. The average molecular weight is 298 g/mol. The van der Waals surface area contributed by atoms with Gasteiger partial charge in [0.15, 0.2) is 0 Å². The zero-order chi connectivity index (χ0) is 15.7. The molecule has 0 saturated carbocycles. The van der Waals surface area contributed by atoms with Crippen LogP contribution in [0.1, 0.15) is 19.4 Å². The summed E-state index contributed by atoms with van der Waals surface area (Å²) in [5.41, 5.74) is 2.18. The Bertz CT molecular complexity index is 824. The second kappa shape index (κ2) is 5.60. The quantitative estimate of drug-likeness (QED) is 0.795. The van der Waals surface area contributed by atoms with E-state index >= 15 is 0 Å². The predicted octanol–water partition coefficient (Wildman–Crippen LogP) is 3.88. The Hall–Kier alpha value is -2.69. The Morgan fingerprint density at radius 3 is 2.55 bits per heavy atom. The number of aromatic nitrogens is 2. The van der Waals surface area contributed by atoms with Gasteiger partial charge in [0.1, 0.15) is 17.7 Å². The summed E-state index contributed by atoms with van der Waals surface area (Å²) in [4.78, 5) is 16.1. The van der Waals surface area contributed by atoms with Crippen molar-refractivity contribution in [3.63, 3.8) is 0 Å². The largest absolute Gasteiger partial charge is 0.480 e. The summed E-state index contributed by atoms with van der Waals surface area (Å²) in [5.74, 6) is -0.707. The third-order valence-electron chi connectivity index (χ3n) is 3.68. The van der Waals surface area contributed by atoms with Crippen LogP contribution >= 0.6 is 0 Å². The van der Waals surface area contributed by atoms with Gasteiger partial charge in [0.05, 0.1) is 11.0 Å². The van der Waals surface area contributed by atoms with E-state index in [4.69, 9.17) is 0 Å². The van der Waals surface area contributed by atoms with Crippen molar-refractivity contribution < 1.29 is 14.3 Å². The molecule has 3 aromatic rings. The van der Waals surface area contributed by atoms with Gasteiger partial charge < -0.3 is 9.67 Å². The Morgan fingerprint density at radius 1 is 1.23 bits per heavy atom. The number of rotatable bonds is 4. The van der Waals surface area contributed by atoms with Gasteiger partial charge in [-0.2, -0.15) is 0 Å². The van der Waals surface area contributed by atoms with Gasteiger partial charge in [0, 0.05) is 5.56 Å². The highest BCUT2D eigenvalue weighted by Gasteiger charge is 2.24. The predicted molar refractivity (Wildman–Crippen MR) is 82.1 cm³/mol. The number of fused-ring (bicyclic) bond motifs is 1. The lowest BCUT2D eigenvalue weighted by Crippen LogP contribution is -2.19. The minimum Gasteiger partial charge on any atom is -0.480 e. The van der Waals surface area contributed by atoms with Gasteiger partial charge in [-0.05, 0) is 42.8 Å². The zero-order valence-electron chi connectivity index (χ0n) is 12.0. The number of aliphatic carboxylic acids is 1. The van der Waals surface area contributed by atoms with E-state index in [-0.39, 0.29) is 5.82 Å². The molecule has 22 heavy (non-hydrogen) atoms. The van der Waals surface area contributed by atoms with Crippen molar-refractivity contribution in [1.82, 2.24) is 9.55 Å². The number of benzene rings is 2. The number of carbonyl (C=O) groups is 1. The molecule has 0 spiro atoms. The molecule has 0 aliphatic heterocycles. The number of hydrogen-bond donors (Lipinski definition) is 1. The second-order valence-electron chi connectivity index (χ2n) is 5.06. The molecule has 1 aromatic heterocycles. The number of nitrogens with zero attached hydrogens (tertiary/aromatic N) is 2. The molecular formula is C17H15FN2O2. The van der Waals surface area contributed by atoms with Gasteiger partial charge in [0.2, 0.25) is 0 Å². The van der Waals surface area contributed by atoms with Crippen LogP contribution in [0.4, 0.5) is 4.39 Å². The van der Waals surface area contributed by atoms with Crippen LogP contribution in [0, 0.1) is 5.82 Å². The van der Waals surface area contributed by atoms with Gasteiger partial charge in [-0.15, -0.1) is 0 Å². The summed E-state index contributed by atoms with van der Waals surface area (Å²) in [6.07, 6.45) is 0.434. The molecule has 112 valence electrons. The number of carboxylic acids is 1. The molecule has 1 unspecified atom stereocenters. The minimum atomic E-state index is -0.908. The molecule has 0 aliphatic carbocycles. The molecule has 3 rings (SSSR count). The van der Waals surface area contributed by atoms with Crippen molar-refractivity contribution in [1.29, 1.82) is 0 Å². The van der Waals surface area contributed by atoms with Gasteiger partial charge in [-0.1, -0.05) is 19.1 Å². The van der Waals surface area contributed by atoms with Crippen molar-refractivity contribution in [2.75, 3.05) is 0 Å². The van der Waals surface area contributed by atoms with Crippen LogP contribution in [0.3, 0.4) is 0 Å². The summed E-state index contributed by atoms with van der Waals surface area (Å²) in [6, 6.07) is 12.6. The number of imidazole rings is 1. The summed E-state index contributed by atoms with van der Waals surface area (Å²) < 4.78 is 14.9. The van der Waals surface area contributed by atoms with Crippen molar-refractivity contribution in [3.05, 3.63) is 54.3 Å². The number of carboxylic acid groups (broad SMARTS) is 1. The second-order valence-corrected chi connectivity index (χ2v) is 5.06. The molecule has 5 heteroatoms. The highest BCUT2D eigenvalue weighted by atomic mass is 19.1. The lowest BCUT2D eigenvalue weighted by Gasteiger charge is -2.16. The maximum absolute atomic E-state index is 13.1. The fourth-order valence-corrected chi connectivity index (χ4v) is 2.63. The number of para-hydroxylation sites is 2. The molecule has 0 aliphatic rings. The average Bonchev–Trinajstić information content (AvgIpc) is 2.88. The minimum absolute atomic E-state index is 0.336. The van der Waals surface area contributed by atoms with E-state index in [1.54, 1.807) is 16.7 Å². The van der Waals surface area contributed by atoms with Gasteiger partial charge in [-0.3, -0.25) is 0 Å². The SMILES string of the molecule is CCC(C(=O)O)n1c(-c2ccc(F)cc2)nc2ccccc21. The fourth-order valence-electron chi connectivity index (χ4n) is 2.63. The summed E-state index contributed by atoms with van der Waals surface area (Å²) in [7, 11) is 0. The molecule has 0 radical (unpaired) electrons. The van der Waals surface area contributed by atoms with Crippen molar-refractivity contribution in [2.24, 2.45) is 0 Å². The van der Waals surface area contributed by atoms with Crippen LogP contribution in [0.5, 0.6) is 0 Å². The van der Waals surface area contributed by atoms with E-state index in [2.05, 4.69) is 4.98 Å². The number of hydrogen-bond acceptors (Lipinski definition) is 2. The Labute approximate surface area is 126 Å². The molecular weight excluding hydrogens is 283 g/mol. The monoisotopic (exact) mass is 298 g/mol. The Kier molecular flexibility index (Phi) is 3.63. The topological polar surface area (TPSA) is 55.1 Å². The van der Waals surface area contributed by atoms with E-state index in [1.165, 1.54) is 12.1 Å². The molecule has 0 fully saturated rings. The van der Waals surface area contributed by atoms with Crippen LogP contribution in [-0.4, -0.2) is 20.6 Å². The molecule has 1 atom stereocenters. The first-order valence-corrected chi connectivity index (χ1v) is 7.07. The molecule has 0 bridgehead atoms. The molecule has 0 saturated heterocycles. The first kappa shape index (κ1) is 14.3. The fraction of sp³-hybridized carbons (Fsp3) is 0.176. The highest BCUT2D eigenvalue weighted by Crippen LogP contribution is 2.30. The summed E-state index contributed by atoms with van der Waals surface area (Å²) in [6.45, 7) is 1.82. The number of halogens is 1. The Balaban J connectivity index is 2.29. The lowest BCUT2D eigenvalue weighted by molar-refractivity contribution is -0.140. The van der Waals surface area contributed by atoms with Crippen LogP contribution in [-0.2, 0) is 4.79 Å². The van der Waals surface area contributed by atoms with E-state index in [1.807, 2.05) is 31.2 Å². The smallest absolute Gasteiger partial charge is 0.326 e. The van der Waals surface area contributed by atoms with Gasteiger partial charge in [0.25, 0.3) is 0 Å². The van der Waals surface area contributed by atoms with Crippen LogP contribution in [0.25, 0.3) is 22.4 Å². The lowest BCUT2D eigenvalue weighted by atomic mass is 10.1. The van der Waals surface area contributed by atoms with Crippen molar-refractivity contribution >= 4 is 17.0 Å². The standard InChI is InChI=1S/C17H15FN2O2/c1-2-14(17(21)22)20-15-6-4-3-5-13(15)19-16(20)11-7-9-12(18)10-8-11/h3-10,14H,2H2,1H3,(H,21,22). The van der Waals surface area contributed by atoms with E-state index in [0.717, 1.165) is 11.0 Å². The van der Waals surface area contributed by atoms with Crippen LogP contribution in [0.2, 0.25) is 0 Å².